The second-order valence-electron chi connectivity index (χ2n) is 5.12. The maximum Gasteiger partial charge on any atom is 0.236 e. The van der Waals surface area contributed by atoms with E-state index in [4.69, 9.17) is 0 Å². The van der Waals surface area contributed by atoms with Crippen molar-refractivity contribution in [3.05, 3.63) is 0 Å². The van der Waals surface area contributed by atoms with Gasteiger partial charge in [0.25, 0.3) is 0 Å². The van der Waals surface area contributed by atoms with Gasteiger partial charge >= 0.3 is 0 Å². The first-order valence-electron chi connectivity index (χ1n) is 6.18. The highest BCUT2D eigenvalue weighted by Crippen LogP contribution is 2.27. The van der Waals surface area contributed by atoms with Crippen LogP contribution in [0.4, 0.5) is 0 Å². The van der Waals surface area contributed by atoms with Gasteiger partial charge in [-0.25, -0.2) is 8.42 Å². The molecule has 98 valence electrons. The summed E-state index contributed by atoms with van der Waals surface area (Å²) in [5, 5.41) is 3.15. The minimum Gasteiger partial charge on any atom is -0.337 e. The smallest absolute Gasteiger partial charge is 0.236 e. The van der Waals surface area contributed by atoms with Gasteiger partial charge in [-0.2, -0.15) is 0 Å². The third-order valence-corrected chi connectivity index (χ3v) is 5.19. The van der Waals surface area contributed by atoms with Crippen LogP contribution in [-0.2, 0) is 14.6 Å². The molecular formula is C11H20N2O3S. The van der Waals surface area contributed by atoms with Crippen molar-refractivity contribution in [3.8, 4) is 0 Å². The Labute approximate surface area is 102 Å². The standard InChI is InChI=1S/C11H20N2O3S/c1-9-8-17(15,16)5-4-13(9)11(14)7-12-6-10-2-3-10/h9-10,12H,2-8H2,1H3. The average Bonchev–Trinajstić information content (AvgIpc) is 2.99. The SMILES string of the molecule is CC1CS(=O)(=O)CCN1C(=O)CNCC1CC1. The third kappa shape index (κ3) is 3.67. The van der Waals surface area contributed by atoms with E-state index < -0.39 is 9.84 Å². The molecule has 1 amide bonds. The van der Waals surface area contributed by atoms with Crippen LogP contribution in [0.5, 0.6) is 0 Å². The van der Waals surface area contributed by atoms with E-state index in [1.165, 1.54) is 12.8 Å². The van der Waals surface area contributed by atoms with Crippen LogP contribution in [0.2, 0.25) is 0 Å². The van der Waals surface area contributed by atoms with Gasteiger partial charge < -0.3 is 10.2 Å². The molecule has 1 aliphatic heterocycles. The van der Waals surface area contributed by atoms with Crippen molar-refractivity contribution in [1.82, 2.24) is 10.2 Å². The van der Waals surface area contributed by atoms with Gasteiger partial charge in [0.05, 0.1) is 18.1 Å². The van der Waals surface area contributed by atoms with E-state index in [-0.39, 0.29) is 23.5 Å². The number of sulfone groups is 1. The Morgan fingerprint density at radius 3 is 2.71 bits per heavy atom. The van der Waals surface area contributed by atoms with Crippen LogP contribution in [0.3, 0.4) is 0 Å². The zero-order valence-corrected chi connectivity index (χ0v) is 11.0. The molecule has 1 atom stereocenters. The molecule has 2 rings (SSSR count). The van der Waals surface area contributed by atoms with E-state index in [9.17, 15) is 13.2 Å². The Bertz CT molecular complexity index is 390. The van der Waals surface area contributed by atoms with Crippen molar-refractivity contribution in [2.45, 2.75) is 25.8 Å². The Morgan fingerprint density at radius 1 is 1.41 bits per heavy atom. The second kappa shape index (κ2) is 4.94. The Morgan fingerprint density at radius 2 is 2.12 bits per heavy atom. The molecule has 0 aromatic carbocycles. The molecule has 1 heterocycles. The molecular weight excluding hydrogens is 240 g/mol. The molecule has 1 aliphatic carbocycles. The van der Waals surface area contributed by atoms with Gasteiger partial charge in [0.1, 0.15) is 0 Å². The number of amides is 1. The predicted molar refractivity (Wildman–Crippen MR) is 65.4 cm³/mol. The van der Waals surface area contributed by atoms with E-state index in [1.54, 1.807) is 11.8 Å². The number of carbonyl (C=O) groups is 1. The van der Waals surface area contributed by atoms with Crippen LogP contribution in [0.25, 0.3) is 0 Å². The summed E-state index contributed by atoms with van der Waals surface area (Å²) >= 11 is 0. The lowest BCUT2D eigenvalue weighted by Crippen LogP contribution is -2.52. The lowest BCUT2D eigenvalue weighted by molar-refractivity contribution is -0.131. The molecule has 0 bridgehead atoms. The maximum absolute atomic E-state index is 11.9. The van der Waals surface area contributed by atoms with Crippen LogP contribution in [0, 0.1) is 5.92 Å². The zero-order chi connectivity index (χ0) is 12.5. The first-order valence-corrected chi connectivity index (χ1v) is 8.01. The van der Waals surface area contributed by atoms with Gasteiger partial charge in [-0.15, -0.1) is 0 Å². The minimum absolute atomic E-state index is 0.0213. The normalized spacial score (nSPS) is 28.1. The van der Waals surface area contributed by atoms with Crippen molar-refractivity contribution in [2.24, 2.45) is 5.92 Å². The zero-order valence-electron chi connectivity index (χ0n) is 10.2. The fourth-order valence-corrected chi connectivity index (χ4v) is 3.73. The molecule has 0 aromatic heterocycles. The number of nitrogens with one attached hydrogen (secondary N) is 1. The third-order valence-electron chi connectivity index (χ3n) is 3.40. The van der Waals surface area contributed by atoms with Crippen molar-refractivity contribution in [2.75, 3.05) is 31.1 Å². The summed E-state index contributed by atoms with van der Waals surface area (Å²) in [5.74, 6) is 0.975. The quantitative estimate of drug-likeness (QED) is 0.749. The molecule has 0 aromatic rings. The lowest BCUT2D eigenvalue weighted by atomic mass is 10.3. The second-order valence-corrected chi connectivity index (χ2v) is 7.35. The monoisotopic (exact) mass is 260 g/mol. The van der Waals surface area contributed by atoms with Gasteiger partial charge in [-0.3, -0.25) is 4.79 Å². The van der Waals surface area contributed by atoms with Gasteiger partial charge in [-0.1, -0.05) is 0 Å². The summed E-state index contributed by atoms with van der Waals surface area (Å²) in [7, 11) is -2.94. The van der Waals surface area contributed by atoms with Crippen molar-refractivity contribution in [1.29, 1.82) is 0 Å². The summed E-state index contributed by atoms with van der Waals surface area (Å²) in [6, 6.07) is -0.191. The molecule has 5 nitrogen and oxygen atoms in total. The molecule has 6 heteroatoms. The minimum atomic E-state index is -2.94. The van der Waals surface area contributed by atoms with Crippen LogP contribution in [0.15, 0.2) is 0 Å². The first kappa shape index (κ1) is 12.8. The lowest BCUT2D eigenvalue weighted by Gasteiger charge is -2.33. The van der Waals surface area contributed by atoms with E-state index in [1.807, 2.05) is 0 Å². The van der Waals surface area contributed by atoms with Crippen molar-refractivity contribution in [3.63, 3.8) is 0 Å². The highest BCUT2D eigenvalue weighted by molar-refractivity contribution is 7.91. The van der Waals surface area contributed by atoms with Gasteiger partial charge in [0, 0.05) is 12.6 Å². The Kier molecular flexibility index (Phi) is 3.73. The maximum atomic E-state index is 11.9. The highest BCUT2D eigenvalue weighted by atomic mass is 32.2. The van der Waals surface area contributed by atoms with Crippen molar-refractivity contribution >= 4 is 15.7 Å². The Hall–Kier alpha value is -0.620. The number of hydrogen-bond acceptors (Lipinski definition) is 4. The van der Waals surface area contributed by atoms with Crippen LogP contribution in [-0.4, -0.2) is 56.4 Å². The molecule has 1 saturated heterocycles. The Balaban J connectivity index is 1.78. The summed E-state index contributed by atoms with van der Waals surface area (Å²) in [6.07, 6.45) is 2.53. The topological polar surface area (TPSA) is 66.5 Å². The van der Waals surface area contributed by atoms with Crippen LogP contribution < -0.4 is 5.32 Å². The fourth-order valence-electron chi connectivity index (χ4n) is 2.18. The van der Waals surface area contributed by atoms with E-state index in [0.29, 0.717) is 13.1 Å². The number of carbonyl (C=O) groups excluding carboxylic acids is 1. The number of rotatable bonds is 4. The summed E-state index contributed by atoms with van der Waals surface area (Å²) in [6.45, 7) is 3.39. The molecule has 2 fully saturated rings. The highest BCUT2D eigenvalue weighted by Gasteiger charge is 2.31. The van der Waals surface area contributed by atoms with Crippen molar-refractivity contribution < 1.29 is 13.2 Å². The molecule has 17 heavy (non-hydrogen) atoms. The van der Waals surface area contributed by atoms with Gasteiger partial charge in [0.2, 0.25) is 5.91 Å². The van der Waals surface area contributed by atoms with E-state index in [0.717, 1.165) is 12.5 Å². The molecule has 0 spiro atoms. The van der Waals surface area contributed by atoms with Crippen LogP contribution in [0.1, 0.15) is 19.8 Å². The van der Waals surface area contributed by atoms with Gasteiger partial charge in [0.15, 0.2) is 9.84 Å². The average molecular weight is 260 g/mol. The summed E-state index contributed by atoms with van der Waals surface area (Å²) in [5.41, 5.74) is 0. The number of hydrogen-bond donors (Lipinski definition) is 1. The molecule has 1 N–H and O–H groups in total. The molecule has 0 radical (unpaired) electrons. The first-order chi connectivity index (χ1) is 7.98. The number of nitrogens with zero attached hydrogens (tertiary/aromatic N) is 1. The van der Waals surface area contributed by atoms with E-state index >= 15 is 0 Å². The molecule has 1 unspecified atom stereocenters. The largest absolute Gasteiger partial charge is 0.337 e. The predicted octanol–water partition coefficient (Wildman–Crippen LogP) is -0.368. The van der Waals surface area contributed by atoms with E-state index in [2.05, 4.69) is 5.32 Å². The summed E-state index contributed by atoms with van der Waals surface area (Å²) in [4.78, 5) is 13.6. The summed E-state index contributed by atoms with van der Waals surface area (Å²) < 4.78 is 22.8. The molecule has 1 saturated carbocycles. The molecule has 2 aliphatic rings. The van der Waals surface area contributed by atoms with Gasteiger partial charge in [-0.05, 0) is 32.2 Å². The fraction of sp³-hybridized carbons (Fsp3) is 0.909. The van der Waals surface area contributed by atoms with Crippen LogP contribution >= 0.6 is 0 Å².